The van der Waals surface area contributed by atoms with Crippen LogP contribution in [0.4, 0.5) is 10.5 Å². The molecule has 0 aromatic heterocycles. The molecule has 0 saturated carbocycles. The molecular weight excluding hydrogens is 230 g/mol. The van der Waals surface area contributed by atoms with Gasteiger partial charge in [-0.2, -0.15) is 0 Å². The first-order valence-electron chi connectivity index (χ1n) is 6.17. The van der Waals surface area contributed by atoms with E-state index < -0.39 is 0 Å². The van der Waals surface area contributed by atoms with E-state index >= 15 is 0 Å². The van der Waals surface area contributed by atoms with Crippen LogP contribution in [0.3, 0.4) is 0 Å². The maximum atomic E-state index is 12.0. The molecule has 5 nitrogen and oxygen atoms in total. The molecule has 0 bridgehead atoms. The number of nitrogens with one attached hydrogen (secondary N) is 1. The molecule has 0 aliphatic carbocycles. The van der Waals surface area contributed by atoms with Gasteiger partial charge in [0.25, 0.3) is 0 Å². The monoisotopic (exact) mass is 251 g/mol. The van der Waals surface area contributed by atoms with Gasteiger partial charge in [-0.3, -0.25) is 0 Å². The van der Waals surface area contributed by atoms with Crippen LogP contribution in [0.1, 0.15) is 18.9 Å². The number of hydrogen-bond donors (Lipinski definition) is 3. The molecule has 5 heteroatoms. The molecule has 100 valence electrons. The van der Waals surface area contributed by atoms with Crippen LogP contribution in [0.5, 0.6) is 0 Å². The number of amides is 2. The van der Waals surface area contributed by atoms with Crippen molar-refractivity contribution in [1.29, 1.82) is 0 Å². The Hall–Kier alpha value is -1.59. The third kappa shape index (κ3) is 4.35. The Kier molecular flexibility index (Phi) is 6.18. The smallest absolute Gasteiger partial charge is 0.321 e. The highest BCUT2D eigenvalue weighted by Gasteiger charge is 2.10. The van der Waals surface area contributed by atoms with E-state index in [9.17, 15) is 4.79 Å². The number of hydrogen-bond acceptors (Lipinski definition) is 3. The number of nitrogens with zero attached hydrogens (tertiary/aromatic N) is 1. The Morgan fingerprint density at radius 3 is 2.89 bits per heavy atom. The lowest BCUT2D eigenvalue weighted by atomic mass is 10.2. The van der Waals surface area contributed by atoms with E-state index in [1.165, 1.54) is 0 Å². The topological polar surface area (TPSA) is 78.6 Å². The first-order valence-corrected chi connectivity index (χ1v) is 6.17. The minimum Gasteiger partial charge on any atom is -0.396 e. The third-order valence-corrected chi connectivity index (χ3v) is 2.67. The zero-order valence-corrected chi connectivity index (χ0v) is 10.7. The summed E-state index contributed by atoms with van der Waals surface area (Å²) in [5, 5.41) is 11.6. The van der Waals surface area contributed by atoms with Gasteiger partial charge >= 0.3 is 6.03 Å². The highest BCUT2D eigenvalue weighted by molar-refractivity contribution is 5.89. The molecular formula is C13H21N3O2. The summed E-state index contributed by atoms with van der Waals surface area (Å²) in [5.74, 6) is 0. The average Bonchev–Trinajstić information content (AvgIpc) is 2.40. The molecule has 1 rings (SSSR count). The number of carbonyl (C=O) groups excluding carboxylic acids is 1. The highest BCUT2D eigenvalue weighted by atomic mass is 16.3. The van der Waals surface area contributed by atoms with E-state index in [-0.39, 0.29) is 12.6 Å². The standard InChI is InChI=1S/C13H21N3O2/c1-2-16(7-4-8-17)13(18)15-12-6-3-5-11(9-12)10-14/h3,5-6,9,17H,2,4,7-8,10,14H2,1H3,(H,15,18). The lowest BCUT2D eigenvalue weighted by Crippen LogP contribution is -2.35. The predicted octanol–water partition coefficient (Wildman–Crippen LogP) is 1.38. The van der Waals surface area contributed by atoms with Crippen molar-refractivity contribution in [3.8, 4) is 0 Å². The van der Waals surface area contributed by atoms with Crippen molar-refractivity contribution < 1.29 is 9.90 Å². The van der Waals surface area contributed by atoms with Crippen LogP contribution < -0.4 is 11.1 Å². The second-order valence-corrected chi connectivity index (χ2v) is 3.99. The van der Waals surface area contributed by atoms with Crippen molar-refractivity contribution >= 4 is 11.7 Å². The van der Waals surface area contributed by atoms with E-state index in [0.717, 1.165) is 11.3 Å². The largest absolute Gasteiger partial charge is 0.396 e. The van der Waals surface area contributed by atoms with Crippen LogP contribution in [0.15, 0.2) is 24.3 Å². The lowest BCUT2D eigenvalue weighted by molar-refractivity contribution is 0.205. The van der Waals surface area contributed by atoms with Crippen LogP contribution in [-0.4, -0.2) is 35.7 Å². The summed E-state index contributed by atoms with van der Waals surface area (Å²) in [7, 11) is 0. The maximum Gasteiger partial charge on any atom is 0.321 e. The molecule has 0 atom stereocenters. The predicted molar refractivity (Wildman–Crippen MR) is 72.3 cm³/mol. The van der Waals surface area contributed by atoms with Crippen LogP contribution >= 0.6 is 0 Å². The molecule has 0 spiro atoms. The fraction of sp³-hybridized carbons (Fsp3) is 0.462. The van der Waals surface area contributed by atoms with Gasteiger partial charge in [0.1, 0.15) is 0 Å². The Bertz CT molecular complexity index is 382. The zero-order valence-electron chi connectivity index (χ0n) is 10.7. The second-order valence-electron chi connectivity index (χ2n) is 3.99. The Morgan fingerprint density at radius 2 is 2.28 bits per heavy atom. The summed E-state index contributed by atoms with van der Waals surface area (Å²) >= 11 is 0. The summed E-state index contributed by atoms with van der Waals surface area (Å²) in [4.78, 5) is 13.6. The molecule has 2 amide bonds. The Morgan fingerprint density at radius 1 is 1.50 bits per heavy atom. The zero-order chi connectivity index (χ0) is 13.4. The van der Waals surface area contributed by atoms with E-state index in [0.29, 0.717) is 26.1 Å². The van der Waals surface area contributed by atoms with Gasteiger partial charge in [0.2, 0.25) is 0 Å². The van der Waals surface area contributed by atoms with Crippen LogP contribution in [-0.2, 0) is 6.54 Å². The van der Waals surface area contributed by atoms with E-state index in [4.69, 9.17) is 10.8 Å². The molecule has 0 saturated heterocycles. The first-order chi connectivity index (χ1) is 8.71. The summed E-state index contributed by atoms with van der Waals surface area (Å²) < 4.78 is 0. The number of rotatable bonds is 6. The lowest BCUT2D eigenvalue weighted by Gasteiger charge is -2.21. The number of anilines is 1. The van der Waals surface area contributed by atoms with Crippen molar-refractivity contribution in [2.45, 2.75) is 19.9 Å². The molecule has 0 aliphatic heterocycles. The number of aliphatic hydroxyl groups is 1. The average molecular weight is 251 g/mol. The molecule has 0 fully saturated rings. The van der Waals surface area contributed by atoms with Gasteiger partial charge in [-0.25, -0.2) is 4.79 Å². The highest BCUT2D eigenvalue weighted by Crippen LogP contribution is 2.11. The normalized spacial score (nSPS) is 10.2. The summed E-state index contributed by atoms with van der Waals surface area (Å²) in [5.41, 5.74) is 7.27. The summed E-state index contributed by atoms with van der Waals surface area (Å²) in [6.45, 7) is 3.61. The van der Waals surface area contributed by atoms with E-state index in [1.54, 1.807) is 4.90 Å². The molecule has 0 unspecified atom stereocenters. The second kappa shape index (κ2) is 7.68. The molecule has 0 aliphatic rings. The number of aliphatic hydroxyl groups excluding tert-OH is 1. The van der Waals surface area contributed by atoms with Gasteiger partial charge in [0.15, 0.2) is 0 Å². The SMILES string of the molecule is CCN(CCCO)C(=O)Nc1cccc(CN)c1. The minimum atomic E-state index is -0.153. The van der Waals surface area contributed by atoms with Crippen molar-refractivity contribution in [2.24, 2.45) is 5.73 Å². The first kappa shape index (κ1) is 14.5. The number of carbonyl (C=O) groups is 1. The fourth-order valence-corrected chi connectivity index (χ4v) is 1.64. The molecule has 0 radical (unpaired) electrons. The van der Waals surface area contributed by atoms with Crippen LogP contribution in [0.2, 0.25) is 0 Å². The minimum absolute atomic E-state index is 0.0897. The molecule has 1 aromatic carbocycles. The van der Waals surface area contributed by atoms with Gasteiger partial charge in [-0.15, -0.1) is 0 Å². The van der Waals surface area contributed by atoms with Crippen molar-refractivity contribution in [2.75, 3.05) is 25.0 Å². The number of benzene rings is 1. The van der Waals surface area contributed by atoms with Gasteiger partial charge in [0, 0.05) is 31.9 Å². The quantitative estimate of drug-likeness (QED) is 0.714. The van der Waals surface area contributed by atoms with Crippen LogP contribution in [0.25, 0.3) is 0 Å². The Labute approximate surface area is 108 Å². The fourth-order valence-electron chi connectivity index (χ4n) is 1.64. The molecule has 18 heavy (non-hydrogen) atoms. The van der Waals surface area contributed by atoms with E-state index in [1.807, 2.05) is 31.2 Å². The molecule has 1 aromatic rings. The van der Waals surface area contributed by atoms with Crippen LogP contribution in [0, 0.1) is 0 Å². The van der Waals surface area contributed by atoms with Crippen molar-refractivity contribution in [1.82, 2.24) is 4.90 Å². The Balaban J connectivity index is 2.61. The van der Waals surface area contributed by atoms with Gasteiger partial charge < -0.3 is 21.1 Å². The summed E-state index contributed by atoms with van der Waals surface area (Å²) in [6, 6.07) is 7.32. The van der Waals surface area contributed by atoms with Gasteiger partial charge in [0.05, 0.1) is 0 Å². The molecule has 4 N–H and O–H groups in total. The maximum absolute atomic E-state index is 12.0. The van der Waals surface area contributed by atoms with Gasteiger partial charge in [-0.05, 0) is 31.0 Å². The van der Waals surface area contributed by atoms with Crippen molar-refractivity contribution in [3.63, 3.8) is 0 Å². The third-order valence-electron chi connectivity index (χ3n) is 2.67. The summed E-state index contributed by atoms with van der Waals surface area (Å²) in [6.07, 6.45) is 0.587. The number of urea groups is 1. The van der Waals surface area contributed by atoms with E-state index in [2.05, 4.69) is 5.32 Å². The van der Waals surface area contributed by atoms with Gasteiger partial charge in [-0.1, -0.05) is 12.1 Å². The number of nitrogens with two attached hydrogens (primary N) is 1. The molecule has 0 heterocycles. The van der Waals surface area contributed by atoms with Crippen molar-refractivity contribution in [3.05, 3.63) is 29.8 Å².